The molecule has 1 saturated carbocycles. The van der Waals surface area contributed by atoms with Gasteiger partial charge in [0, 0.05) is 17.5 Å². The van der Waals surface area contributed by atoms with E-state index in [0.29, 0.717) is 24.5 Å². The van der Waals surface area contributed by atoms with Crippen LogP contribution in [0.2, 0.25) is 0 Å². The van der Waals surface area contributed by atoms with Crippen LogP contribution in [0.15, 0.2) is 23.6 Å². The number of rotatable bonds is 1. The third-order valence-corrected chi connectivity index (χ3v) is 4.53. The van der Waals surface area contributed by atoms with Crippen molar-refractivity contribution >= 4 is 27.2 Å². The van der Waals surface area contributed by atoms with Crippen LogP contribution in [0.1, 0.15) is 37.2 Å². The summed E-state index contributed by atoms with van der Waals surface area (Å²) < 4.78 is 14.4. The van der Waals surface area contributed by atoms with Crippen LogP contribution in [0.25, 0.3) is 10.1 Å². The first kappa shape index (κ1) is 10.9. The molecule has 0 atom stereocenters. The summed E-state index contributed by atoms with van der Waals surface area (Å²) >= 11 is 1.67. The van der Waals surface area contributed by atoms with Gasteiger partial charge in [0.1, 0.15) is 11.6 Å². The van der Waals surface area contributed by atoms with Crippen molar-refractivity contribution in [3.8, 4) is 0 Å². The van der Waals surface area contributed by atoms with E-state index in [1.807, 2.05) is 6.07 Å². The first-order chi connectivity index (χ1) is 8.24. The molecule has 0 spiro atoms. The van der Waals surface area contributed by atoms with Crippen molar-refractivity contribution < 1.29 is 9.18 Å². The topological polar surface area (TPSA) is 17.1 Å². The Kier molecular flexibility index (Phi) is 2.71. The lowest BCUT2D eigenvalue weighted by atomic mass is 9.83. The summed E-state index contributed by atoms with van der Waals surface area (Å²) in [5.41, 5.74) is 1.23. The van der Waals surface area contributed by atoms with E-state index in [9.17, 15) is 9.18 Å². The molecular weight excluding hydrogens is 235 g/mol. The third-order valence-electron chi connectivity index (χ3n) is 3.55. The van der Waals surface area contributed by atoms with E-state index < -0.39 is 0 Å². The molecule has 2 aromatic rings. The molecule has 0 aliphatic heterocycles. The van der Waals surface area contributed by atoms with Gasteiger partial charge in [0.2, 0.25) is 0 Å². The zero-order chi connectivity index (χ0) is 11.8. The Hall–Kier alpha value is -1.22. The highest BCUT2D eigenvalue weighted by atomic mass is 32.1. The Bertz CT molecular complexity index is 563. The molecule has 1 aliphatic rings. The van der Waals surface area contributed by atoms with Crippen molar-refractivity contribution in [3.05, 3.63) is 35.0 Å². The van der Waals surface area contributed by atoms with Crippen molar-refractivity contribution in [1.29, 1.82) is 0 Å². The number of halogens is 1. The second-order valence-electron chi connectivity index (χ2n) is 4.64. The zero-order valence-electron chi connectivity index (χ0n) is 9.41. The van der Waals surface area contributed by atoms with Crippen LogP contribution in [0.5, 0.6) is 0 Å². The van der Waals surface area contributed by atoms with Gasteiger partial charge >= 0.3 is 0 Å². The molecule has 1 aromatic carbocycles. The Morgan fingerprint density at radius 2 is 2.00 bits per heavy atom. The number of hydrogen-bond acceptors (Lipinski definition) is 2. The fourth-order valence-electron chi connectivity index (χ4n) is 2.59. The van der Waals surface area contributed by atoms with Crippen molar-refractivity contribution in [3.63, 3.8) is 0 Å². The summed E-state index contributed by atoms with van der Waals surface area (Å²) in [5, 5.41) is 3.17. The maximum absolute atomic E-state index is 13.3. The van der Waals surface area contributed by atoms with Gasteiger partial charge in [0.25, 0.3) is 0 Å². The minimum atomic E-state index is -0.177. The highest BCUT2D eigenvalue weighted by Gasteiger charge is 2.22. The van der Waals surface area contributed by atoms with E-state index in [-0.39, 0.29) is 5.82 Å². The van der Waals surface area contributed by atoms with E-state index in [4.69, 9.17) is 0 Å². The molecule has 0 amide bonds. The molecule has 0 saturated heterocycles. The molecule has 3 heteroatoms. The quantitative estimate of drug-likeness (QED) is 0.736. The summed E-state index contributed by atoms with van der Waals surface area (Å²) in [6, 6.07) is 4.97. The van der Waals surface area contributed by atoms with Crippen LogP contribution in [0.3, 0.4) is 0 Å². The Morgan fingerprint density at radius 3 is 2.76 bits per heavy atom. The summed E-state index contributed by atoms with van der Waals surface area (Å²) in [4.78, 5) is 11.2. The molecule has 1 aliphatic carbocycles. The summed E-state index contributed by atoms with van der Waals surface area (Å²) in [6.07, 6.45) is 3.19. The van der Waals surface area contributed by atoms with Gasteiger partial charge in [0.05, 0.1) is 0 Å². The maximum Gasteiger partial charge on any atom is 0.132 e. The molecule has 0 radical (unpaired) electrons. The molecule has 3 rings (SSSR count). The molecule has 0 unspecified atom stereocenters. The van der Waals surface area contributed by atoms with Crippen LogP contribution in [-0.2, 0) is 4.79 Å². The molecule has 0 N–H and O–H groups in total. The van der Waals surface area contributed by atoms with Crippen LogP contribution < -0.4 is 0 Å². The highest BCUT2D eigenvalue weighted by Crippen LogP contribution is 2.38. The largest absolute Gasteiger partial charge is 0.300 e. The van der Waals surface area contributed by atoms with E-state index in [1.165, 1.54) is 11.6 Å². The first-order valence-corrected chi connectivity index (χ1v) is 6.80. The van der Waals surface area contributed by atoms with Crippen LogP contribution in [0.4, 0.5) is 4.39 Å². The van der Waals surface area contributed by atoms with E-state index in [0.717, 1.165) is 22.9 Å². The molecule has 88 valence electrons. The van der Waals surface area contributed by atoms with Gasteiger partial charge < -0.3 is 0 Å². The Morgan fingerprint density at radius 1 is 1.24 bits per heavy atom. The lowest BCUT2D eigenvalue weighted by molar-refractivity contribution is -0.120. The van der Waals surface area contributed by atoms with Crippen molar-refractivity contribution in [2.75, 3.05) is 0 Å². The highest BCUT2D eigenvalue weighted by molar-refractivity contribution is 7.17. The molecule has 1 fully saturated rings. The molecule has 1 heterocycles. The molecule has 0 bridgehead atoms. The smallest absolute Gasteiger partial charge is 0.132 e. The number of Topliss-reactive ketones (excluding diaryl/α,β-unsaturated/α-hetero) is 1. The lowest BCUT2D eigenvalue weighted by Crippen LogP contribution is -2.11. The predicted octanol–water partition coefficient (Wildman–Crippen LogP) is 4.27. The van der Waals surface area contributed by atoms with E-state index in [2.05, 4.69) is 5.38 Å². The number of carbonyl (C=O) groups is 1. The Labute approximate surface area is 103 Å². The number of thiophene rings is 1. The second kappa shape index (κ2) is 4.22. The van der Waals surface area contributed by atoms with Crippen LogP contribution in [0, 0.1) is 5.82 Å². The zero-order valence-corrected chi connectivity index (χ0v) is 10.2. The predicted molar refractivity (Wildman–Crippen MR) is 68.0 cm³/mol. The fraction of sp³-hybridized carbons (Fsp3) is 0.357. The van der Waals surface area contributed by atoms with E-state index in [1.54, 1.807) is 17.4 Å². The number of hydrogen-bond donors (Lipinski definition) is 0. The second-order valence-corrected chi connectivity index (χ2v) is 5.56. The summed E-state index contributed by atoms with van der Waals surface area (Å²) in [5.74, 6) is 0.624. The minimum Gasteiger partial charge on any atom is -0.300 e. The number of ketones is 1. The fourth-order valence-corrected chi connectivity index (χ4v) is 3.61. The third kappa shape index (κ3) is 2.00. The maximum atomic E-state index is 13.3. The van der Waals surface area contributed by atoms with Gasteiger partial charge in [-0.25, -0.2) is 4.39 Å². The van der Waals surface area contributed by atoms with Crippen molar-refractivity contribution in [1.82, 2.24) is 0 Å². The molecule has 1 nitrogen and oxygen atoms in total. The standard InChI is InChI=1S/C14H13FOS/c15-10-3-6-14-12(7-10)13(8-17-14)9-1-4-11(16)5-2-9/h3,6-9H,1-2,4-5H2. The van der Waals surface area contributed by atoms with Gasteiger partial charge in [0.15, 0.2) is 0 Å². The average molecular weight is 248 g/mol. The monoisotopic (exact) mass is 248 g/mol. The Balaban J connectivity index is 1.99. The van der Waals surface area contributed by atoms with E-state index >= 15 is 0 Å². The summed E-state index contributed by atoms with van der Waals surface area (Å²) in [7, 11) is 0. The molecule has 1 aromatic heterocycles. The van der Waals surface area contributed by atoms with Gasteiger partial charge in [-0.15, -0.1) is 11.3 Å². The van der Waals surface area contributed by atoms with Crippen LogP contribution in [-0.4, -0.2) is 5.78 Å². The first-order valence-electron chi connectivity index (χ1n) is 5.92. The SMILES string of the molecule is O=C1CCC(c2csc3ccc(F)cc23)CC1. The van der Waals surface area contributed by atoms with Gasteiger partial charge in [-0.1, -0.05) is 0 Å². The molecule has 17 heavy (non-hydrogen) atoms. The average Bonchev–Trinajstić information content (AvgIpc) is 2.73. The summed E-state index contributed by atoms with van der Waals surface area (Å²) in [6.45, 7) is 0. The minimum absolute atomic E-state index is 0.177. The number of fused-ring (bicyclic) bond motifs is 1. The number of benzene rings is 1. The van der Waals surface area contributed by atoms with Crippen molar-refractivity contribution in [2.45, 2.75) is 31.6 Å². The lowest BCUT2D eigenvalue weighted by Gasteiger charge is -2.20. The van der Waals surface area contributed by atoms with Crippen molar-refractivity contribution in [2.24, 2.45) is 0 Å². The van der Waals surface area contributed by atoms with Gasteiger partial charge in [-0.3, -0.25) is 4.79 Å². The van der Waals surface area contributed by atoms with Gasteiger partial charge in [-0.2, -0.15) is 0 Å². The molecular formula is C14H13FOS. The van der Waals surface area contributed by atoms with Gasteiger partial charge in [-0.05, 0) is 53.3 Å². The number of carbonyl (C=O) groups excluding carboxylic acids is 1. The normalized spacial score (nSPS) is 17.8. The van der Waals surface area contributed by atoms with Crippen LogP contribution >= 0.6 is 11.3 Å².